The van der Waals surface area contributed by atoms with Crippen LogP contribution in [0.25, 0.3) is 0 Å². The van der Waals surface area contributed by atoms with E-state index in [2.05, 4.69) is 15.3 Å². The first-order chi connectivity index (χ1) is 12.3. The molecule has 2 atom stereocenters. The van der Waals surface area contributed by atoms with Crippen molar-refractivity contribution in [1.29, 1.82) is 0 Å². The Kier molecular flexibility index (Phi) is 5.40. The van der Waals surface area contributed by atoms with Crippen LogP contribution in [0, 0.1) is 6.92 Å². The van der Waals surface area contributed by atoms with E-state index in [9.17, 15) is 14.0 Å². The predicted molar refractivity (Wildman–Crippen MR) is 97.6 cm³/mol. The van der Waals surface area contributed by atoms with Crippen molar-refractivity contribution >= 4 is 51.5 Å². The molecule has 26 heavy (non-hydrogen) atoms. The number of nitrogens with one attached hydrogen (secondary N) is 2. The summed E-state index contributed by atoms with van der Waals surface area (Å²) >= 11 is 13.0. The number of amides is 1. The van der Waals surface area contributed by atoms with Crippen LogP contribution in [0.5, 0.6) is 0 Å². The number of anilines is 1. The quantitative estimate of drug-likeness (QED) is 0.705. The molecule has 0 aromatic carbocycles. The molecular formula is C15H15Cl2FN4O3S. The van der Waals surface area contributed by atoms with Crippen LogP contribution in [0.2, 0.25) is 10.0 Å². The van der Waals surface area contributed by atoms with Gasteiger partial charge in [0, 0.05) is 12.2 Å². The van der Waals surface area contributed by atoms with Gasteiger partial charge in [0.15, 0.2) is 5.13 Å². The second kappa shape index (κ2) is 7.42. The molecule has 1 aliphatic heterocycles. The summed E-state index contributed by atoms with van der Waals surface area (Å²) in [5.74, 6) is -1.59. The first kappa shape index (κ1) is 18.9. The van der Waals surface area contributed by atoms with Crippen LogP contribution in [0.4, 0.5) is 9.52 Å². The summed E-state index contributed by atoms with van der Waals surface area (Å²) in [6.07, 6.45) is 0.262. The summed E-state index contributed by atoms with van der Waals surface area (Å²) in [7, 11) is 0. The molecule has 140 valence electrons. The van der Waals surface area contributed by atoms with Gasteiger partial charge in [0.05, 0.1) is 28.8 Å². The maximum Gasteiger partial charge on any atom is 0.347 e. The lowest BCUT2D eigenvalue weighted by Gasteiger charge is -2.34. The topological polar surface area (TPSA) is 98.3 Å². The normalized spacial score (nSPS) is 20.2. The number of carbonyl (C=O) groups excluding carboxylic acids is 1. The molecule has 2 aromatic rings. The molecule has 0 radical (unpaired) electrons. The van der Waals surface area contributed by atoms with Gasteiger partial charge in [0.2, 0.25) is 0 Å². The van der Waals surface area contributed by atoms with E-state index in [0.717, 1.165) is 11.3 Å². The first-order valence-electron chi connectivity index (χ1n) is 7.70. The van der Waals surface area contributed by atoms with E-state index in [-0.39, 0.29) is 27.2 Å². The van der Waals surface area contributed by atoms with E-state index in [4.69, 9.17) is 28.3 Å². The molecule has 0 aliphatic carbocycles. The van der Waals surface area contributed by atoms with Gasteiger partial charge < -0.3 is 20.3 Å². The lowest BCUT2D eigenvalue weighted by Crippen LogP contribution is -2.52. The SMILES string of the molecule is Cc1[nH]c(C(=O)N[C@@H]2CCN(c3ncc(C(=O)O)s3)C[C@@H]2F)c(Cl)c1Cl. The molecular weight excluding hydrogens is 406 g/mol. The van der Waals surface area contributed by atoms with E-state index < -0.39 is 24.1 Å². The number of carboxylic acids is 1. The van der Waals surface area contributed by atoms with Gasteiger partial charge in [-0.3, -0.25) is 4.79 Å². The minimum absolute atomic E-state index is 0.00968. The van der Waals surface area contributed by atoms with E-state index in [1.54, 1.807) is 11.8 Å². The monoisotopic (exact) mass is 420 g/mol. The van der Waals surface area contributed by atoms with Crippen molar-refractivity contribution in [2.45, 2.75) is 25.6 Å². The van der Waals surface area contributed by atoms with Crippen LogP contribution in [0.15, 0.2) is 6.20 Å². The Bertz CT molecular complexity index is 856. The standard InChI is InChI=1S/C15H15Cl2FN4O3S/c1-6-10(16)11(17)12(20-6)13(23)21-8-2-3-22(5-7(8)18)15-19-4-9(26-15)14(24)25/h4,7-8,20H,2-3,5H2,1H3,(H,21,23)(H,24,25)/t7-,8+/m0/s1. The molecule has 3 heterocycles. The largest absolute Gasteiger partial charge is 0.477 e. The van der Waals surface area contributed by atoms with Gasteiger partial charge in [-0.25, -0.2) is 14.2 Å². The molecule has 1 fully saturated rings. The molecule has 3 rings (SSSR count). The molecule has 2 aromatic heterocycles. The van der Waals surface area contributed by atoms with Crippen molar-refractivity contribution in [1.82, 2.24) is 15.3 Å². The number of halogens is 3. The Hall–Kier alpha value is -1.84. The highest BCUT2D eigenvalue weighted by molar-refractivity contribution is 7.17. The number of aromatic carboxylic acids is 1. The molecule has 0 unspecified atom stereocenters. The van der Waals surface area contributed by atoms with Gasteiger partial charge in [-0.1, -0.05) is 34.5 Å². The van der Waals surface area contributed by atoms with Crippen molar-refractivity contribution in [2.75, 3.05) is 18.0 Å². The fourth-order valence-corrected chi connectivity index (χ4v) is 3.93. The highest BCUT2D eigenvalue weighted by atomic mass is 35.5. The van der Waals surface area contributed by atoms with E-state index in [1.165, 1.54) is 6.20 Å². The Balaban J connectivity index is 1.64. The Morgan fingerprint density at radius 3 is 2.73 bits per heavy atom. The molecule has 1 saturated heterocycles. The average molecular weight is 421 g/mol. The van der Waals surface area contributed by atoms with Crippen molar-refractivity contribution in [2.24, 2.45) is 0 Å². The van der Waals surface area contributed by atoms with Gasteiger partial charge in [-0.05, 0) is 13.3 Å². The number of hydrogen-bond donors (Lipinski definition) is 3. The van der Waals surface area contributed by atoms with Crippen LogP contribution in [-0.4, -0.2) is 52.3 Å². The van der Waals surface area contributed by atoms with Crippen molar-refractivity contribution in [3.63, 3.8) is 0 Å². The lowest BCUT2D eigenvalue weighted by molar-refractivity contribution is 0.0701. The molecule has 0 saturated carbocycles. The minimum Gasteiger partial charge on any atom is -0.477 e. The van der Waals surface area contributed by atoms with Crippen LogP contribution < -0.4 is 10.2 Å². The summed E-state index contributed by atoms with van der Waals surface area (Å²) in [6, 6.07) is -0.684. The zero-order valence-corrected chi connectivity index (χ0v) is 15.9. The van der Waals surface area contributed by atoms with Crippen molar-refractivity contribution in [3.8, 4) is 0 Å². The molecule has 7 nitrogen and oxygen atoms in total. The third-order valence-corrected chi connectivity index (χ3v) is 6.11. The van der Waals surface area contributed by atoms with Crippen LogP contribution >= 0.6 is 34.5 Å². The fourth-order valence-electron chi connectivity index (χ4n) is 2.72. The van der Waals surface area contributed by atoms with Gasteiger partial charge in [-0.15, -0.1) is 0 Å². The minimum atomic E-state index is -1.34. The molecule has 1 aliphatic rings. The number of piperidine rings is 1. The van der Waals surface area contributed by atoms with E-state index >= 15 is 0 Å². The third-order valence-electron chi connectivity index (χ3n) is 4.11. The summed E-state index contributed by atoms with van der Waals surface area (Å²) in [5.41, 5.74) is 0.668. The zero-order chi connectivity index (χ0) is 19.0. The number of hydrogen-bond acceptors (Lipinski definition) is 5. The first-order valence-corrected chi connectivity index (χ1v) is 9.27. The van der Waals surface area contributed by atoms with Crippen LogP contribution in [0.3, 0.4) is 0 Å². The number of thiazole rings is 1. The lowest BCUT2D eigenvalue weighted by atomic mass is 10.0. The number of aromatic amines is 1. The Morgan fingerprint density at radius 2 is 2.19 bits per heavy atom. The third kappa shape index (κ3) is 3.65. The summed E-state index contributed by atoms with van der Waals surface area (Å²) in [4.78, 5) is 31.9. The number of rotatable bonds is 4. The number of carbonyl (C=O) groups is 2. The van der Waals surface area contributed by atoms with Gasteiger partial charge >= 0.3 is 5.97 Å². The van der Waals surface area contributed by atoms with Gasteiger partial charge in [-0.2, -0.15) is 0 Å². The number of nitrogens with zero attached hydrogens (tertiary/aromatic N) is 2. The van der Waals surface area contributed by atoms with Crippen molar-refractivity contribution in [3.05, 3.63) is 32.5 Å². The fraction of sp³-hybridized carbons (Fsp3) is 0.400. The van der Waals surface area contributed by atoms with Gasteiger partial charge in [0.1, 0.15) is 16.7 Å². The summed E-state index contributed by atoms with van der Waals surface area (Å²) < 4.78 is 14.5. The Labute approximate surface area is 162 Å². The van der Waals surface area contributed by atoms with Crippen molar-refractivity contribution < 1.29 is 19.1 Å². The second-order valence-corrected chi connectivity index (χ2v) is 7.66. The van der Waals surface area contributed by atoms with E-state index in [0.29, 0.717) is 23.8 Å². The van der Waals surface area contributed by atoms with Crippen LogP contribution in [-0.2, 0) is 0 Å². The maximum atomic E-state index is 14.5. The molecule has 3 N–H and O–H groups in total. The molecule has 11 heteroatoms. The smallest absolute Gasteiger partial charge is 0.347 e. The van der Waals surface area contributed by atoms with Crippen LogP contribution in [0.1, 0.15) is 32.3 Å². The highest BCUT2D eigenvalue weighted by Gasteiger charge is 2.33. The molecule has 0 spiro atoms. The average Bonchev–Trinajstić information content (AvgIpc) is 3.18. The second-order valence-electron chi connectivity index (χ2n) is 5.90. The zero-order valence-electron chi connectivity index (χ0n) is 13.6. The van der Waals surface area contributed by atoms with Gasteiger partial charge in [0.25, 0.3) is 5.91 Å². The number of alkyl halides is 1. The van der Waals surface area contributed by atoms with E-state index in [1.807, 2.05) is 0 Å². The molecule has 1 amide bonds. The number of aromatic nitrogens is 2. The summed E-state index contributed by atoms with van der Waals surface area (Å²) in [6.45, 7) is 2.13. The number of aryl methyl sites for hydroxylation is 1. The maximum absolute atomic E-state index is 14.5. The Morgan fingerprint density at radius 1 is 1.46 bits per heavy atom. The number of H-pyrrole nitrogens is 1. The molecule has 0 bridgehead atoms. The predicted octanol–water partition coefficient (Wildman–Crippen LogP) is 3.13. The number of carboxylic acid groups (broad SMARTS) is 1. The summed E-state index contributed by atoms with van der Waals surface area (Å²) in [5, 5.41) is 12.4. The highest BCUT2D eigenvalue weighted by Crippen LogP contribution is 2.30.